The SMILES string of the molecule is C=CC(=O)OC(OCC)c1ccc(Br)c(Br)c1Br. The summed E-state index contributed by atoms with van der Waals surface area (Å²) in [5.41, 5.74) is 0.724. The Labute approximate surface area is 131 Å². The summed E-state index contributed by atoms with van der Waals surface area (Å²) in [6.45, 7) is 5.62. The Bertz CT molecular complexity index is 460. The third-order valence-electron chi connectivity index (χ3n) is 2.03. The van der Waals surface area contributed by atoms with Crippen LogP contribution in [0, 0.1) is 0 Å². The third kappa shape index (κ3) is 3.91. The monoisotopic (exact) mass is 440 g/mol. The summed E-state index contributed by atoms with van der Waals surface area (Å²) >= 11 is 10.3. The molecule has 0 aliphatic rings. The van der Waals surface area contributed by atoms with Crippen LogP contribution < -0.4 is 0 Å². The van der Waals surface area contributed by atoms with Gasteiger partial charge in [-0.05, 0) is 60.8 Å². The number of esters is 1. The summed E-state index contributed by atoms with van der Waals surface area (Å²) in [6.07, 6.45) is 0.340. The molecule has 3 nitrogen and oxygen atoms in total. The van der Waals surface area contributed by atoms with E-state index in [2.05, 4.69) is 54.4 Å². The Hall–Kier alpha value is -0.170. The van der Waals surface area contributed by atoms with Crippen molar-refractivity contribution in [2.75, 3.05) is 6.61 Å². The van der Waals surface area contributed by atoms with Crippen LogP contribution in [0.15, 0.2) is 38.2 Å². The molecule has 1 unspecified atom stereocenters. The number of halogens is 3. The van der Waals surface area contributed by atoms with Crippen LogP contribution in [0.1, 0.15) is 18.8 Å². The number of hydrogen-bond acceptors (Lipinski definition) is 3. The van der Waals surface area contributed by atoms with Crippen molar-refractivity contribution < 1.29 is 14.3 Å². The zero-order valence-electron chi connectivity index (χ0n) is 9.58. The van der Waals surface area contributed by atoms with Gasteiger partial charge in [-0.15, -0.1) is 0 Å². The number of rotatable bonds is 5. The predicted molar refractivity (Wildman–Crippen MR) is 80.2 cm³/mol. The van der Waals surface area contributed by atoms with Gasteiger partial charge in [0.15, 0.2) is 0 Å². The van der Waals surface area contributed by atoms with Gasteiger partial charge in [-0.1, -0.05) is 12.6 Å². The number of hydrogen-bond donors (Lipinski definition) is 0. The highest BCUT2D eigenvalue weighted by atomic mass is 79.9. The molecule has 0 aliphatic heterocycles. The Morgan fingerprint density at radius 3 is 2.61 bits per heavy atom. The molecule has 18 heavy (non-hydrogen) atoms. The lowest BCUT2D eigenvalue weighted by Gasteiger charge is -2.19. The molecule has 1 aromatic rings. The summed E-state index contributed by atoms with van der Waals surface area (Å²) in [4.78, 5) is 11.3. The fraction of sp³-hybridized carbons (Fsp3) is 0.250. The largest absolute Gasteiger partial charge is 0.428 e. The summed E-state index contributed by atoms with van der Waals surface area (Å²) < 4.78 is 13.1. The molecular weight excluding hydrogens is 432 g/mol. The van der Waals surface area contributed by atoms with E-state index in [0.29, 0.717) is 6.61 Å². The first-order chi connectivity index (χ1) is 8.51. The van der Waals surface area contributed by atoms with Gasteiger partial charge in [0, 0.05) is 31.7 Å². The first-order valence-corrected chi connectivity index (χ1v) is 7.47. The van der Waals surface area contributed by atoms with E-state index in [9.17, 15) is 4.79 Å². The minimum absolute atomic E-state index is 0.426. The summed E-state index contributed by atoms with van der Waals surface area (Å²) in [7, 11) is 0. The first-order valence-electron chi connectivity index (χ1n) is 5.09. The maximum absolute atomic E-state index is 11.3. The molecule has 1 aromatic carbocycles. The van der Waals surface area contributed by atoms with Gasteiger partial charge in [-0.25, -0.2) is 4.79 Å². The standard InChI is InChI=1S/C12H11Br3O3/c1-3-9(16)18-12(17-4-2)7-5-6-8(13)11(15)10(7)14/h3,5-6,12H,1,4H2,2H3. The zero-order chi connectivity index (χ0) is 13.7. The Balaban J connectivity index is 3.09. The van der Waals surface area contributed by atoms with Crippen molar-refractivity contribution in [2.24, 2.45) is 0 Å². The van der Waals surface area contributed by atoms with Crippen molar-refractivity contribution in [3.05, 3.63) is 43.8 Å². The molecule has 0 aromatic heterocycles. The van der Waals surface area contributed by atoms with E-state index < -0.39 is 12.3 Å². The molecule has 0 fully saturated rings. The highest BCUT2D eigenvalue weighted by Crippen LogP contribution is 2.37. The van der Waals surface area contributed by atoms with Crippen molar-refractivity contribution in [2.45, 2.75) is 13.2 Å². The number of carbonyl (C=O) groups excluding carboxylic acids is 1. The van der Waals surface area contributed by atoms with Crippen molar-refractivity contribution in [1.29, 1.82) is 0 Å². The molecule has 6 heteroatoms. The van der Waals surface area contributed by atoms with Crippen LogP contribution in [0.4, 0.5) is 0 Å². The molecule has 98 valence electrons. The molecule has 0 N–H and O–H groups in total. The van der Waals surface area contributed by atoms with Gasteiger partial charge >= 0.3 is 5.97 Å². The van der Waals surface area contributed by atoms with Gasteiger partial charge in [-0.3, -0.25) is 0 Å². The minimum atomic E-state index is -0.765. The number of carbonyl (C=O) groups is 1. The maximum atomic E-state index is 11.3. The smallest absolute Gasteiger partial charge is 0.332 e. The van der Waals surface area contributed by atoms with Gasteiger partial charge in [-0.2, -0.15) is 0 Å². The Morgan fingerprint density at radius 1 is 1.39 bits per heavy atom. The van der Waals surface area contributed by atoms with Crippen molar-refractivity contribution in [3.8, 4) is 0 Å². The van der Waals surface area contributed by atoms with Crippen LogP contribution in [-0.2, 0) is 14.3 Å². The fourth-order valence-electron chi connectivity index (χ4n) is 1.22. The lowest BCUT2D eigenvalue weighted by molar-refractivity contribution is -0.174. The maximum Gasteiger partial charge on any atom is 0.332 e. The quantitative estimate of drug-likeness (QED) is 0.286. The second-order valence-electron chi connectivity index (χ2n) is 3.19. The first kappa shape index (κ1) is 15.9. The van der Waals surface area contributed by atoms with Gasteiger partial charge < -0.3 is 9.47 Å². The minimum Gasteiger partial charge on any atom is -0.428 e. The molecule has 0 heterocycles. The van der Waals surface area contributed by atoms with E-state index in [-0.39, 0.29) is 0 Å². The number of benzene rings is 1. The molecule has 0 aliphatic carbocycles. The molecule has 0 radical (unpaired) electrons. The summed E-state index contributed by atoms with van der Waals surface area (Å²) in [5, 5.41) is 0. The van der Waals surface area contributed by atoms with Gasteiger partial charge in [0.05, 0.1) is 0 Å². The van der Waals surface area contributed by atoms with E-state index >= 15 is 0 Å². The Kier molecular flexibility index (Phi) is 6.55. The van der Waals surface area contributed by atoms with E-state index in [1.807, 2.05) is 19.1 Å². The normalized spacial score (nSPS) is 12.0. The molecule has 0 spiro atoms. The lowest BCUT2D eigenvalue weighted by atomic mass is 10.2. The van der Waals surface area contributed by atoms with Crippen LogP contribution in [0.5, 0.6) is 0 Å². The van der Waals surface area contributed by atoms with Crippen molar-refractivity contribution in [1.82, 2.24) is 0 Å². The van der Waals surface area contributed by atoms with Crippen LogP contribution in [0.2, 0.25) is 0 Å². The average molecular weight is 443 g/mol. The molecule has 0 saturated heterocycles. The van der Waals surface area contributed by atoms with Gasteiger partial charge in [0.2, 0.25) is 6.29 Å². The topological polar surface area (TPSA) is 35.5 Å². The molecule has 0 saturated carbocycles. The molecule has 1 atom stereocenters. The molecular formula is C12H11Br3O3. The third-order valence-corrected chi connectivity index (χ3v) is 5.43. The summed E-state index contributed by atoms with van der Waals surface area (Å²) in [5.74, 6) is -0.528. The van der Waals surface area contributed by atoms with Gasteiger partial charge in [0.25, 0.3) is 0 Å². The zero-order valence-corrected chi connectivity index (χ0v) is 14.3. The molecule has 0 amide bonds. The van der Waals surface area contributed by atoms with Crippen LogP contribution in [-0.4, -0.2) is 12.6 Å². The van der Waals surface area contributed by atoms with Gasteiger partial charge in [0.1, 0.15) is 0 Å². The van der Waals surface area contributed by atoms with Crippen molar-refractivity contribution >= 4 is 53.8 Å². The Morgan fingerprint density at radius 2 is 2.06 bits per heavy atom. The van der Waals surface area contributed by atoms with E-state index in [1.54, 1.807) is 0 Å². The molecule has 1 rings (SSSR count). The van der Waals surface area contributed by atoms with Crippen LogP contribution in [0.3, 0.4) is 0 Å². The molecule has 0 bridgehead atoms. The van der Waals surface area contributed by atoms with Crippen molar-refractivity contribution in [3.63, 3.8) is 0 Å². The number of ether oxygens (including phenoxy) is 2. The average Bonchev–Trinajstić information content (AvgIpc) is 2.35. The van der Waals surface area contributed by atoms with E-state index in [4.69, 9.17) is 9.47 Å². The van der Waals surface area contributed by atoms with E-state index in [1.165, 1.54) is 0 Å². The highest BCUT2D eigenvalue weighted by molar-refractivity contribution is 9.14. The van der Waals surface area contributed by atoms with Crippen LogP contribution >= 0.6 is 47.8 Å². The summed E-state index contributed by atoms with van der Waals surface area (Å²) in [6, 6.07) is 3.66. The lowest BCUT2D eigenvalue weighted by Crippen LogP contribution is -2.13. The second-order valence-corrected chi connectivity index (χ2v) is 5.63. The predicted octanol–water partition coefficient (Wildman–Crippen LogP) is 4.74. The second kappa shape index (κ2) is 7.43. The highest BCUT2D eigenvalue weighted by Gasteiger charge is 2.20. The fourth-order valence-corrected chi connectivity index (χ4v) is 2.71. The van der Waals surface area contributed by atoms with E-state index in [0.717, 1.165) is 25.1 Å². The van der Waals surface area contributed by atoms with Crippen LogP contribution in [0.25, 0.3) is 0 Å².